The van der Waals surface area contributed by atoms with E-state index in [2.05, 4.69) is 39.1 Å². The summed E-state index contributed by atoms with van der Waals surface area (Å²) in [6.45, 7) is 10.8. The highest BCUT2D eigenvalue weighted by Gasteiger charge is 2.68. The first kappa shape index (κ1) is 46.2. The van der Waals surface area contributed by atoms with Crippen LogP contribution in [0.1, 0.15) is 92.4 Å². The van der Waals surface area contributed by atoms with Gasteiger partial charge in [0.25, 0.3) is 0 Å². The van der Waals surface area contributed by atoms with Crippen LogP contribution < -0.4 is 5.32 Å². The first-order valence-corrected chi connectivity index (χ1v) is 23.5. The zero-order chi connectivity index (χ0) is 44.2. The summed E-state index contributed by atoms with van der Waals surface area (Å²) < 4.78 is 43.9. The van der Waals surface area contributed by atoms with Gasteiger partial charge in [0.2, 0.25) is 0 Å². The molecule has 8 fully saturated rings. The van der Waals surface area contributed by atoms with Gasteiger partial charge in [-0.3, -0.25) is 5.32 Å². The van der Waals surface area contributed by atoms with Crippen molar-refractivity contribution in [3.63, 3.8) is 0 Å². The lowest BCUT2D eigenvalue weighted by atomic mass is 9.47. The minimum atomic E-state index is -1.84. The molecule has 0 aromatic rings. The summed E-state index contributed by atoms with van der Waals surface area (Å²) in [5.74, 6) is 3.32. The Hall–Kier alpha value is -0.940. The quantitative estimate of drug-likeness (QED) is 0.142. The van der Waals surface area contributed by atoms with Gasteiger partial charge in [-0.05, 0) is 105 Å². The van der Waals surface area contributed by atoms with Crippen LogP contribution in [0.15, 0.2) is 11.6 Å². The van der Waals surface area contributed by atoms with Crippen molar-refractivity contribution in [1.29, 1.82) is 0 Å². The van der Waals surface area contributed by atoms with Gasteiger partial charge in [-0.1, -0.05) is 39.3 Å². The van der Waals surface area contributed by atoms with Gasteiger partial charge in [0.15, 0.2) is 18.9 Å². The van der Waals surface area contributed by atoms with Gasteiger partial charge >= 0.3 is 0 Å². The van der Waals surface area contributed by atoms with Crippen molar-refractivity contribution >= 4 is 0 Å². The molecule has 4 aliphatic carbocycles. The molecule has 1 spiro atoms. The lowest BCUT2D eigenvalue weighted by Crippen LogP contribution is -2.67. The SMILES string of the molecule is C[C@@H]1CC[C@@]2(NC1)O[C@H]1C[C@H]3[C@@H]4CC=C5C[C@@H](O[C@@H]6O[C@H](CO)[C@H](O)[C@H](O[C@@H]7O[C@H](CO)[C@@H](O)[C@H](O)[C@H]7O)[C@H]6O[C@H]6O[C@@H](C)[C@H](O)[C@@H](O)[C@H]6O)CC[C@]5(C)[C@H]4CC[C@]3(C)[C@H]1[C@@H]2C. The van der Waals surface area contributed by atoms with E-state index in [1.807, 2.05) is 0 Å². The van der Waals surface area contributed by atoms with Crippen molar-refractivity contribution in [1.82, 2.24) is 5.32 Å². The number of piperidine rings is 1. The Balaban J connectivity index is 0.940. The number of nitrogens with one attached hydrogen (secondary N) is 1. The minimum absolute atomic E-state index is 0.0361. The van der Waals surface area contributed by atoms with Gasteiger partial charge in [-0.2, -0.15) is 0 Å². The van der Waals surface area contributed by atoms with Crippen molar-refractivity contribution in [2.24, 2.45) is 46.3 Å². The predicted octanol–water partition coefficient (Wildman–Crippen LogP) is -0.213. The van der Waals surface area contributed by atoms with E-state index in [0.29, 0.717) is 48.3 Å². The maximum atomic E-state index is 11.6. The number of allylic oxidation sites excluding steroid dienone is 1. The molecule has 10 N–H and O–H groups in total. The molecule has 0 aromatic heterocycles. The molecular formula is C45H73NO16. The van der Waals surface area contributed by atoms with E-state index >= 15 is 0 Å². The van der Waals surface area contributed by atoms with E-state index in [-0.39, 0.29) is 22.7 Å². The largest absolute Gasteiger partial charge is 0.394 e. The number of aliphatic hydroxyl groups is 9. The lowest BCUT2D eigenvalue weighted by Gasteiger charge is -2.59. The van der Waals surface area contributed by atoms with Gasteiger partial charge in [0, 0.05) is 12.5 Å². The summed E-state index contributed by atoms with van der Waals surface area (Å²) in [6, 6.07) is 0. The fourth-order valence-corrected chi connectivity index (χ4v) is 14.2. The average Bonchev–Trinajstić information content (AvgIpc) is 3.70. The summed E-state index contributed by atoms with van der Waals surface area (Å²) in [6.07, 6.45) is -11.9. The molecule has 0 unspecified atom stereocenters. The van der Waals surface area contributed by atoms with Crippen molar-refractivity contribution in [2.75, 3.05) is 19.8 Å². The molecule has 17 nitrogen and oxygen atoms in total. The molecule has 9 rings (SSSR count). The summed E-state index contributed by atoms with van der Waals surface area (Å²) in [7, 11) is 0. The topological polar surface area (TPSA) is 259 Å². The summed E-state index contributed by atoms with van der Waals surface area (Å²) >= 11 is 0. The molecule has 354 valence electrons. The zero-order valence-electron chi connectivity index (χ0n) is 36.7. The summed E-state index contributed by atoms with van der Waals surface area (Å²) in [5, 5.41) is 99.7. The smallest absolute Gasteiger partial charge is 0.187 e. The van der Waals surface area contributed by atoms with Crippen LogP contribution in [0.4, 0.5) is 0 Å². The third-order valence-electron chi connectivity index (χ3n) is 17.9. The van der Waals surface area contributed by atoms with E-state index in [1.54, 1.807) is 0 Å². The first-order chi connectivity index (χ1) is 29.4. The molecule has 0 aromatic carbocycles. The van der Waals surface area contributed by atoms with Crippen LogP contribution in [0.3, 0.4) is 0 Å². The number of rotatable bonds is 8. The Labute approximate surface area is 364 Å². The van der Waals surface area contributed by atoms with Gasteiger partial charge in [0.05, 0.1) is 31.5 Å². The van der Waals surface area contributed by atoms with Gasteiger partial charge in [-0.25, -0.2) is 0 Å². The molecule has 0 bridgehead atoms. The predicted molar refractivity (Wildman–Crippen MR) is 216 cm³/mol. The standard InChI is InChI=1S/C45H73NO16/c1-19-8-13-45(46-16-19)20(2)30-27(62-45)15-26-24-7-6-22-14-23(9-11-43(22,4)25(24)10-12-44(26,30)5)57-42-39(61-40-36(54)34(52)31(49)21(3)56-40)38(33(51)29(18-48)59-42)60-41-37(55)35(53)32(50)28(17-47)58-41/h6,19-21,23-42,46-55H,7-18H2,1-5H3/t19-,20+,21+,23+,24-,25+,26+,27+,28-,29-,30+,31+,32-,33+,34-,35+,36-,37-,38+,39-,40-,41+,42-,43+,44+,45-/m1/s1. The van der Waals surface area contributed by atoms with Crippen LogP contribution in [0, 0.1) is 46.3 Å². The highest BCUT2D eigenvalue weighted by Crippen LogP contribution is 2.70. The van der Waals surface area contributed by atoms with E-state index in [9.17, 15) is 46.0 Å². The van der Waals surface area contributed by atoms with Gasteiger partial charge in [-0.15, -0.1) is 0 Å². The van der Waals surface area contributed by atoms with Crippen molar-refractivity contribution in [3.05, 3.63) is 11.6 Å². The monoisotopic (exact) mass is 883 g/mol. The van der Waals surface area contributed by atoms with Crippen LogP contribution in [0.5, 0.6) is 0 Å². The molecule has 9 aliphatic rings. The number of ether oxygens (including phenoxy) is 7. The van der Waals surface area contributed by atoms with E-state index < -0.39 is 111 Å². The molecule has 62 heavy (non-hydrogen) atoms. The number of hydrogen-bond acceptors (Lipinski definition) is 17. The Kier molecular flexibility index (Phi) is 12.9. The molecule has 5 heterocycles. The molecule has 26 atom stereocenters. The summed E-state index contributed by atoms with van der Waals surface area (Å²) in [4.78, 5) is 0. The Morgan fingerprint density at radius 3 is 2.05 bits per heavy atom. The Morgan fingerprint density at radius 1 is 0.694 bits per heavy atom. The van der Waals surface area contributed by atoms with Crippen molar-refractivity contribution < 1.29 is 79.1 Å². The minimum Gasteiger partial charge on any atom is -0.394 e. The molecule has 0 amide bonds. The van der Waals surface area contributed by atoms with Crippen molar-refractivity contribution in [2.45, 2.75) is 202 Å². The maximum Gasteiger partial charge on any atom is 0.187 e. The summed E-state index contributed by atoms with van der Waals surface area (Å²) in [5.41, 5.74) is 1.32. The van der Waals surface area contributed by atoms with E-state index in [4.69, 9.17) is 33.2 Å². The second-order valence-electron chi connectivity index (χ2n) is 21.2. The number of fused-ring (bicyclic) bond motifs is 7. The zero-order valence-corrected chi connectivity index (χ0v) is 36.7. The van der Waals surface area contributed by atoms with Gasteiger partial charge in [0.1, 0.15) is 72.9 Å². The average molecular weight is 884 g/mol. The highest BCUT2D eigenvalue weighted by molar-refractivity contribution is 5.26. The third-order valence-corrected chi connectivity index (χ3v) is 17.9. The van der Waals surface area contributed by atoms with Crippen LogP contribution in [0.2, 0.25) is 0 Å². The van der Waals surface area contributed by atoms with Crippen LogP contribution in [0.25, 0.3) is 0 Å². The second-order valence-corrected chi connectivity index (χ2v) is 21.2. The Morgan fingerprint density at radius 2 is 1.35 bits per heavy atom. The third kappa shape index (κ3) is 7.49. The molecular weight excluding hydrogens is 810 g/mol. The van der Waals surface area contributed by atoms with Crippen LogP contribution >= 0.6 is 0 Å². The molecule has 17 heteroatoms. The van der Waals surface area contributed by atoms with Crippen molar-refractivity contribution in [3.8, 4) is 0 Å². The molecule has 5 saturated heterocycles. The molecule has 3 saturated carbocycles. The fourth-order valence-electron chi connectivity index (χ4n) is 14.2. The molecule has 5 aliphatic heterocycles. The van der Waals surface area contributed by atoms with Gasteiger partial charge < -0.3 is 79.1 Å². The number of hydrogen-bond donors (Lipinski definition) is 10. The first-order valence-electron chi connectivity index (χ1n) is 23.5. The fraction of sp³-hybridized carbons (Fsp3) is 0.956. The molecule has 0 radical (unpaired) electrons. The highest BCUT2D eigenvalue weighted by atomic mass is 16.8. The van der Waals surface area contributed by atoms with E-state index in [1.165, 1.54) is 25.3 Å². The van der Waals surface area contributed by atoms with E-state index in [0.717, 1.165) is 38.6 Å². The van der Waals surface area contributed by atoms with Crippen LogP contribution in [-0.2, 0) is 33.2 Å². The normalized spacial score (nSPS) is 57.6. The van der Waals surface area contributed by atoms with Crippen LogP contribution in [-0.4, -0.2) is 176 Å². The Bertz CT molecular complexity index is 1610. The second kappa shape index (κ2) is 17.3. The lowest BCUT2D eigenvalue weighted by molar-refractivity contribution is -0.394. The maximum absolute atomic E-state index is 11.6. The number of aliphatic hydroxyl groups excluding tert-OH is 9.